The van der Waals surface area contributed by atoms with Gasteiger partial charge in [0.05, 0.1) is 11.3 Å². The number of halogens is 1. The van der Waals surface area contributed by atoms with Crippen LogP contribution in [0.3, 0.4) is 0 Å². The number of rotatable bonds is 2. The van der Waals surface area contributed by atoms with Crippen molar-refractivity contribution in [2.75, 3.05) is 5.32 Å². The Morgan fingerprint density at radius 1 is 1.12 bits per heavy atom. The Bertz CT molecular complexity index is 568. The molecule has 2 rings (SSSR count). The third kappa shape index (κ3) is 2.61. The highest BCUT2D eigenvalue weighted by Gasteiger charge is 2.03. The molecule has 0 unspecified atom stereocenters. The summed E-state index contributed by atoms with van der Waals surface area (Å²) in [7, 11) is 0. The minimum atomic E-state index is -0.406. The van der Waals surface area contributed by atoms with Gasteiger partial charge >= 0.3 is 0 Å². The van der Waals surface area contributed by atoms with E-state index >= 15 is 0 Å². The second-order valence-corrected chi connectivity index (χ2v) is 3.79. The summed E-state index contributed by atoms with van der Waals surface area (Å²) >= 11 is 0. The fraction of sp³-hybridized carbons (Fsp3) is 0.0714. The highest BCUT2D eigenvalue weighted by molar-refractivity contribution is 5.66. The zero-order valence-corrected chi connectivity index (χ0v) is 9.37. The van der Waals surface area contributed by atoms with Gasteiger partial charge in [0.2, 0.25) is 0 Å². The Morgan fingerprint density at radius 2 is 1.82 bits per heavy atom. The molecule has 2 nitrogen and oxygen atoms in total. The van der Waals surface area contributed by atoms with Gasteiger partial charge in [-0.2, -0.15) is 5.26 Å². The van der Waals surface area contributed by atoms with Crippen LogP contribution in [-0.2, 0) is 0 Å². The minimum Gasteiger partial charge on any atom is -0.354 e. The highest BCUT2D eigenvalue weighted by atomic mass is 19.1. The van der Waals surface area contributed by atoms with E-state index in [4.69, 9.17) is 5.26 Å². The van der Waals surface area contributed by atoms with E-state index in [1.165, 1.54) is 12.1 Å². The number of aryl methyl sites for hydroxylation is 1. The smallest absolute Gasteiger partial charge is 0.124 e. The van der Waals surface area contributed by atoms with Crippen molar-refractivity contribution in [1.82, 2.24) is 0 Å². The molecule has 2 aromatic carbocycles. The topological polar surface area (TPSA) is 35.8 Å². The van der Waals surface area contributed by atoms with Crippen LogP contribution >= 0.6 is 0 Å². The van der Waals surface area contributed by atoms with Gasteiger partial charge in [-0.15, -0.1) is 0 Å². The van der Waals surface area contributed by atoms with Crippen molar-refractivity contribution in [3.63, 3.8) is 0 Å². The Morgan fingerprint density at radius 3 is 2.47 bits per heavy atom. The summed E-state index contributed by atoms with van der Waals surface area (Å²) in [6.45, 7) is 2.00. The number of hydrogen-bond acceptors (Lipinski definition) is 2. The summed E-state index contributed by atoms with van der Waals surface area (Å²) in [6, 6.07) is 13.9. The van der Waals surface area contributed by atoms with Gasteiger partial charge in [-0.05, 0) is 37.3 Å². The van der Waals surface area contributed by atoms with E-state index in [1.807, 2.05) is 37.3 Å². The van der Waals surface area contributed by atoms with Gasteiger partial charge in [-0.3, -0.25) is 0 Å². The van der Waals surface area contributed by atoms with Crippen LogP contribution in [0.15, 0.2) is 42.5 Å². The average molecular weight is 226 g/mol. The molecular formula is C14H11FN2. The van der Waals surface area contributed by atoms with E-state index in [2.05, 4.69) is 5.32 Å². The Kier molecular flexibility index (Phi) is 3.06. The second kappa shape index (κ2) is 4.67. The lowest BCUT2D eigenvalue weighted by Gasteiger charge is -2.08. The van der Waals surface area contributed by atoms with E-state index in [9.17, 15) is 4.39 Å². The lowest BCUT2D eigenvalue weighted by Crippen LogP contribution is -1.94. The van der Waals surface area contributed by atoms with Crippen LogP contribution in [0.25, 0.3) is 0 Å². The van der Waals surface area contributed by atoms with Gasteiger partial charge in [0.15, 0.2) is 0 Å². The molecule has 0 saturated carbocycles. The molecule has 2 aromatic rings. The quantitative estimate of drug-likeness (QED) is 0.846. The summed E-state index contributed by atoms with van der Waals surface area (Å²) in [5.41, 5.74) is 2.94. The van der Waals surface area contributed by atoms with E-state index < -0.39 is 5.82 Å². The number of benzene rings is 2. The molecule has 0 spiro atoms. The van der Waals surface area contributed by atoms with Crippen molar-refractivity contribution in [1.29, 1.82) is 5.26 Å². The standard InChI is InChI=1S/C14H11FN2/c1-10-2-5-13(6-3-10)17-14-7-4-12(15)8-11(14)9-16/h2-8,17H,1H3. The molecule has 0 aliphatic rings. The maximum atomic E-state index is 12.9. The third-order valence-electron chi connectivity index (χ3n) is 2.43. The number of nitrogens with zero attached hydrogens (tertiary/aromatic N) is 1. The molecule has 0 fully saturated rings. The maximum absolute atomic E-state index is 12.9. The zero-order valence-electron chi connectivity index (χ0n) is 9.37. The summed E-state index contributed by atoms with van der Waals surface area (Å²) in [6.07, 6.45) is 0. The molecule has 0 atom stereocenters. The van der Waals surface area contributed by atoms with E-state index in [0.29, 0.717) is 11.3 Å². The predicted octanol–water partition coefficient (Wildman–Crippen LogP) is 3.75. The first-order chi connectivity index (χ1) is 8.19. The lowest BCUT2D eigenvalue weighted by molar-refractivity contribution is 0.627. The zero-order chi connectivity index (χ0) is 12.3. The number of nitriles is 1. The molecule has 0 bridgehead atoms. The first-order valence-corrected chi connectivity index (χ1v) is 5.22. The third-order valence-corrected chi connectivity index (χ3v) is 2.43. The van der Waals surface area contributed by atoms with Crippen LogP contribution in [-0.4, -0.2) is 0 Å². The maximum Gasteiger partial charge on any atom is 0.124 e. The van der Waals surface area contributed by atoms with Gasteiger partial charge in [0, 0.05) is 5.69 Å². The van der Waals surface area contributed by atoms with Crippen LogP contribution in [0.1, 0.15) is 11.1 Å². The van der Waals surface area contributed by atoms with Crippen LogP contribution in [0.4, 0.5) is 15.8 Å². The molecule has 84 valence electrons. The van der Waals surface area contributed by atoms with Gasteiger partial charge in [-0.1, -0.05) is 17.7 Å². The van der Waals surface area contributed by atoms with Gasteiger partial charge in [-0.25, -0.2) is 4.39 Å². The van der Waals surface area contributed by atoms with Crippen molar-refractivity contribution in [3.05, 3.63) is 59.4 Å². The van der Waals surface area contributed by atoms with Gasteiger partial charge in [0.25, 0.3) is 0 Å². The van der Waals surface area contributed by atoms with Crippen molar-refractivity contribution in [2.45, 2.75) is 6.92 Å². The number of hydrogen-bond donors (Lipinski definition) is 1. The molecular weight excluding hydrogens is 215 g/mol. The van der Waals surface area contributed by atoms with Crippen molar-refractivity contribution < 1.29 is 4.39 Å². The first kappa shape index (κ1) is 11.2. The van der Waals surface area contributed by atoms with Crippen molar-refractivity contribution in [2.24, 2.45) is 0 Å². The van der Waals surface area contributed by atoms with E-state index in [0.717, 1.165) is 11.3 Å². The fourth-order valence-corrected chi connectivity index (χ4v) is 1.51. The summed E-state index contributed by atoms with van der Waals surface area (Å²) in [4.78, 5) is 0. The van der Waals surface area contributed by atoms with E-state index in [1.54, 1.807) is 6.07 Å². The lowest BCUT2D eigenvalue weighted by atomic mass is 10.1. The monoisotopic (exact) mass is 226 g/mol. The Labute approximate surface area is 99.3 Å². The molecule has 0 amide bonds. The largest absolute Gasteiger partial charge is 0.354 e. The van der Waals surface area contributed by atoms with Crippen LogP contribution in [0.5, 0.6) is 0 Å². The minimum absolute atomic E-state index is 0.297. The molecule has 3 heteroatoms. The second-order valence-electron chi connectivity index (χ2n) is 3.79. The first-order valence-electron chi connectivity index (χ1n) is 5.22. The Balaban J connectivity index is 2.30. The van der Waals surface area contributed by atoms with E-state index in [-0.39, 0.29) is 0 Å². The molecule has 17 heavy (non-hydrogen) atoms. The molecule has 0 heterocycles. The van der Waals surface area contributed by atoms with Gasteiger partial charge in [0.1, 0.15) is 11.9 Å². The predicted molar refractivity (Wildman–Crippen MR) is 65.6 cm³/mol. The van der Waals surface area contributed by atoms with Crippen LogP contribution in [0.2, 0.25) is 0 Å². The average Bonchev–Trinajstić information content (AvgIpc) is 2.34. The molecule has 1 N–H and O–H groups in total. The summed E-state index contributed by atoms with van der Waals surface area (Å²) in [5, 5.41) is 12.0. The Hall–Kier alpha value is -2.34. The van der Waals surface area contributed by atoms with Crippen molar-refractivity contribution >= 4 is 11.4 Å². The molecule has 0 aliphatic heterocycles. The van der Waals surface area contributed by atoms with Crippen LogP contribution in [0, 0.1) is 24.1 Å². The SMILES string of the molecule is Cc1ccc(Nc2ccc(F)cc2C#N)cc1. The fourth-order valence-electron chi connectivity index (χ4n) is 1.51. The van der Waals surface area contributed by atoms with Crippen molar-refractivity contribution in [3.8, 4) is 6.07 Å². The molecule has 0 radical (unpaired) electrons. The summed E-state index contributed by atoms with van der Waals surface area (Å²) in [5.74, 6) is -0.406. The highest BCUT2D eigenvalue weighted by Crippen LogP contribution is 2.21. The molecule has 0 aromatic heterocycles. The number of nitrogens with one attached hydrogen (secondary N) is 1. The summed E-state index contributed by atoms with van der Waals surface area (Å²) < 4.78 is 12.9. The molecule has 0 aliphatic carbocycles. The van der Waals surface area contributed by atoms with Gasteiger partial charge < -0.3 is 5.32 Å². The molecule has 0 saturated heterocycles. The normalized spacial score (nSPS) is 9.71. The van der Waals surface area contributed by atoms with Crippen LogP contribution < -0.4 is 5.32 Å². The number of anilines is 2.